The molecule has 36 heavy (non-hydrogen) atoms. The van der Waals surface area contributed by atoms with E-state index in [9.17, 15) is 14.8 Å². The third kappa shape index (κ3) is 5.41. The van der Waals surface area contributed by atoms with Gasteiger partial charge in [0.1, 0.15) is 0 Å². The molecule has 2 aromatic carbocycles. The summed E-state index contributed by atoms with van der Waals surface area (Å²) < 4.78 is -0.970. The van der Waals surface area contributed by atoms with Crippen LogP contribution in [-0.2, 0) is 0 Å². The Balaban J connectivity index is 1.78. The molecule has 2 unspecified atom stereocenters. The highest BCUT2D eigenvalue weighted by Crippen LogP contribution is 2.47. The topological polar surface area (TPSA) is 84.5 Å². The van der Waals surface area contributed by atoms with Crippen molar-refractivity contribution in [3.05, 3.63) is 74.9 Å². The third-order valence-electron chi connectivity index (χ3n) is 7.67. The number of urea groups is 1. The Labute approximate surface area is 222 Å². The molecule has 0 spiro atoms. The van der Waals surface area contributed by atoms with Crippen LogP contribution in [0.2, 0.25) is 10.0 Å². The molecule has 9 heteroatoms. The van der Waals surface area contributed by atoms with E-state index in [-0.39, 0.29) is 25.0 Å². The molecule has 0 radical (unpaired) electrons. The van der Waals surface area contributed by atoms with Crippen molar-refractivity contribution in [2.75, 3.05) is 39.8 Å². The van der Waals surface area contributed by atoms with Crippen molar-refractivity contribution in [1.82, 2.24) is 15.5 Å². The van der Waals surface area contributed by atoms with E-state index in [2.05, 4.69) is 10.6 Å². The van der Waals surface area contributed by atoms with Crippen molar-refractivity contribution in [3.63, 3.8) is 0 Å². The summed E-state index contributed by atoms with van der Waals surface area (Å²) in [4.78, 5) is 28.6. The number of unbranched alkanes of at least 4 members (excludes halogenated alkanes) is 1. The summed E-state index contributed by atoms with van der Waals surface area (Å²) in [7, 11) is 1.92. The number of rotatable bonds is 8. The van der Waals surface area contributed by atoms with Gasteiger partial charge in [-0.25, -0.2) is 9.59 Å². The van der Waals surface area contributed by atoms with E-state index in [0.29, 0.717) is 35.1 Å². The Morgan fingerprint density at radius 1 is 1.19 bits per heavy atom. The smallest absolute Gasteiger partial charge is 0.345 e. The van der Waals surface area contributed by atoms with Gasteiger partial charge < -0.3 is 20.7 Å². The summed E-state index contributed by atoms with van der Waals surface area (Å²) in [5.74, 6) is -0.836. The molecule has 0 saturated carbocycles. The van der Waals surface area contributed by atoms with Crippen molar-refractivity contribution < 1.29 is 14.2 Å². The first kappa shape index (κ1) is 26.9. The van der Waals surface area contributed by atoms with Crippen molar-refractivity contribution in [2.24, 2.45) is 0 Å². The Morgan fingerprint density at radius 3 is 2.67 bits per heavy atom. The third-order valence-corrected chi connectivity index (χ3v) is 8.41. The molecule has 4 rings (SSSR count). The molecule has 7 nitrogen and oxygen atoms in total. The van der Waals surface area contributed by atoms with Crippen molar-refractivity contribution in [1.29, 1.82) is 0 Å². The zero-order valence-electron chi connectivity index (χ0n) is 20.6. The molecule has 0 aromatic heterocycles. The van der Waals surface area contributed by atoms with Crippen LogP contribution in [0, 0.1) is 5.21 Å². The van der Waals surface area contributed by atoms with E-state index in [0.717, 1.165) is 37.8 Å². The quantitative estimate of drug-likeness (QED) is 0.278. The average Bonchev–Trinajstić information content (AvgIpc) is 2.89. The lowest BCUT2D eigenvalue weighted by Crippen LogP contribution is -2.68. The van der Waals surface area contributed by atoms with Gasteiger partial charge in [0.25, 0.3) is 0 Å². The number of piperidine rings is 1. The average molecular weight is 534 g/mol. The van der Waals surface area contributed by atoms with Gasteiger partial charge in [0.2, 0.25) is 0 Å². The second-order valence-electron chi connectivity index (χ2n) is 9.84. The Hall–Kier alpha value is -2.16. The number of carbonyl (C=O) groups is 2. The van der Waals surface area contributed by atoms with Crippen LogP contribution in [0.5, 0.6) is 0 Å². The summed E-state index contributed by atoms with van der Waals surface area (Å²) in [5, 5.41) is 21.2. The highest BCUT2D eigenvalue weighted by Gasteiger charge is 2.54. The van der Waals surface area contributed by atoms with Gasteiger partial charge in [0, 0.05) is 19.5 Å². The number of hydrogen-bond donors (Lipinski definition) is 2. The molecule has 2 saturated heterocycles. The van der Waals surface area contributed by atoms with E-state index in [1.165, 1.54) is 0 Å². The number of carbonyl (C=O) groups excluding carboxylic acids is 2. The number of nitrogens with zero attached hydrogens (tertiary/aromatic N) is 2. The minimum absolute atomic E-state index is 0.0293. The van der Waals surface area contributed by atoms with Gasteiger partial charge in [0.05, 0.1) is 40.2 Å². The SMILES string of the molecule is CNCCCCC1(N2CCCNC2=O)CC[N@@+]([O-])(C(=O)c2ccccc2)CC1c1ccc(Cl)c(Cl)c1. The van der Waals surface area contributed by atoms with Crippen LogP contribution in [0.1, 0.15) is 53.9 Å². The van der Waals surface area contributed by atoms with Crippen LogP contribution in [0.25, 0.3) is 0 Å². The molecule has 2 fully saturated rings. The van der Waals surface area contributed by atoms with Gasteiger partial charge in [-0.05, 0) is 69.1 Å². The van der Waals surface area contributed by atoms with E-state index in [1.807, 2.05) is 24.1 Å². The molecule has 3 amide bonds. The van der Waals surface area contributed by atoms with Gasteiger partial charge in [0.15, 0.2) is 0 Å². The largest absolute Gasteiger partial charge is 0.625 e. The van der Waals surface area contributed by atoms with E-state index < -0.39 is 16.1 Å². The number of amides is 3. The minimum Gasteiger partial charge on any atom is -0.625 e. The molecule has 3 atom stereocenters. The predicted molar refractivity (Wildman–Crippen MR) is 143 cm³/mol. The van der Waals surface area contributed by atoms with Crippen LogP contribution in [0.4, 0.5) is 4.79 Å². The van der Waals surface area contributed by atoms with Gasteiger partial charge in [-0.1, -0.05) is 47.5 Å². The summed E-state index contributed by atoms with van der Waals surface area (Å²) in [6, 6.07) is 14.0. The van der Waals surface area contributed by atoms with Crippen LogP contribution < -0.4 is 10.6 Å². The number of hydrogen-bond acceptors (Lipinski definition) is 4. The first-order chi connectivity index (χ1) is 17.3. The summed E-state index contributed by atoms with van der Waals surface area (Å²) in [5.41, 5.74) is 0.617. The van der Waals surface area contributed by atoms with Crippen molar-refractivity contribution in [3.8, 4) is 0 Å². The molecular weight excluding hydrogens is 499 g/mol. The zero-order chi connectivity index (χ0) is 25.8. The van der Waals surface area contributed by atoms with Gasteiger partial charge in [-0.3, -0.25) is 4.65 Å². The first-order valence-corrected chi connectivity index (χ1v) is 13.4. The Morgan fingerprint density at radius 2 is 1.97 bits per heavy atom. The molecular formula is C27H34Cl2N4O3. The van der Waals surface area contributed by atoms with Crippen molar-refractivity contribution >= 4 is 35.1 Å². The highest BCUT2D eigenvalue weighted by molar-refractivity contribution is 6.42. The lowest BCUT2D eigenvalue weighted by atomic mass is 9.69. The zero-order valence-corrected chi connectivity index (χ0v) is 22.2. The monoisotopic (exact) mass is 532 g/mol. The fourth-order valence-corrected chi connectivity index (χ4v) is 6.10. The van der Waals surface area contributed by atoms with Crippen LogP contribution in [-0.4, -0.2) is 66.8 Å². The molecule has 0 aliphatic carbocycles. The summed E-state index contributed by atoms with van der Waals surface area (Å²) in [6.45, 7) is 2.26. The van der Waals surface area contributed by atoms with Crippen LogP contribution in [0.15, 0.2) is 48.5 Å². The number of halogens is 2. The lowest BCUT2D eigenvalue weighted by molar-refractivity contribution is -0.808. The maximum Gasteiger partial charge on any atom is 0.345 e. The van der Waals surface area contributed by atoms with Gasteiger partial charge >= 0.3 is 11.9 Å². The summed E-state index contributed by atoms with van der Waals surface area (Å²) in [6.07, 6.45) is 3.81. The maximum absolute atomic E-state index is 14.2. The number of quaternary nitrogens is 1. The van der Waals surface area contributed by atoms with Crippen LogP contribution >= 0.6 is 23.2 Å². The second kappa shape index (κ2) is 11.5. The number of nitrogens with one attached hydrogen (secondary N) is 2. The normalized spacial score (nSPS) is 26.5. The van der Waals surface area contributed by atoms with E-state index >= 15 is 0 Å². The standard InChI is InChI=1S/C27H34Cl2N4O3/c1-30-14-6-5-12-27(32-16-7-15-31-26(32)35)13-17-33(36,25(34)20-8-3-2-4-9-20)19-22(27)21-10-11-23(28)24(29)18-21/h2-4,8-11,18,22,30H,5-7,12-17,19H2,1H3,(H,31,35)/t22?,27?,33-/m0/s1. The second-order valence-corrected chi connectivity index (χ2v) is 10.7. The Kier molecular flexibility index (Phi) is 8.58. The molecule has 2 aliphatic rings. The van der Waals surface area contributed by atoms with Gasteiger partial charge in [-0.15, -0.1) is 0 Å². The number of benzene rings is 2. The lowest BCUT2D eigenvalue weighted by Gasteiger charge is -2.58. The molecule has 2 aliphatic heterocycles. The molecule has 194 valence electrons. The Bertz CT molecular complexity index is 1090. The van der Waals surface area contributed by atoms with E-state index in [1.54, 1.807) is 36.4 Å². The van der Waals surface area contributed by atoms with E-state index in [4.69, 9.17) is 23.2 Å². The number of hydroxylamine groups is 3. The number of likely N-dealkylation sites (tertiary alicyclic amines) is 1. The summed E-state index contributed by atoms with van der Waals surface area (Å²) >= 11 is 12.7. The molecule has 2 N–H and O–H groups in total. The molecule has 2 heterocycles. The maximum atomic E-state index is 14.2. The molecule has 2 aromatic rings. The fourth-order valence-electron chi connectivity index (χ4n) is 5.79. The van der Waals surface area contributed by atoms with Crippen LogP contribution in [0.3, 0.4) is 0 Å². The molecule has 0 bridgehead atoms. The fraction of sp³-hybridized carbons (Fsp3) is 0.481. The first-order valence-electron chi connectivity index (χ1n) is 12.6. The van der Waals surface area contributed by atoms with Gasteiger partial charge in [-0.2, -0.15) is 0 Å². The highest BCUT2D eigenvalue weighted by atomic mass is 35.5. The predicted octanol–water partition coefficient (Wildman–Crippen LogP) is 5.18. The minimum atomic E-state index is -0.970. The van der Waals surface area contributed by atoms with Crippen molar-refractivity contribution in [2.45, 2.75) is 43.6 Å².